The summed E-state index contributed by atoms with van der Waals surface area (Å²) in [6.45, 7) is 15.7. The van der Waals surface area contributed by atoms with Gasteiger partial charge in [0.25, 0.3) is 5.91 Å². The average molecular weight is 671 g/mol. The first-order chi connectivity index (χ1) is 21.6. The Morgan fingerprint density at radius 1 is 0.787 bits per heavy atom. The molecule has 1 rings (SSSR count). The van der Waals surface area contributed by atoms with Gasteiger partial charge >= 0.3 is 18.0 Å². The molecular formula is C33H52F2N4O8. The summed E-state index contributed by atoms with van der Waals surface area (Å²) in [7, 11) is 0. The van der Waals surface area contributed by atoms with Crippen molar-refractivity contribution in [2.24, 2.45) is 17.8 Å². The van der Waals surface area contributed by atoms with E-state index in [9.17, 15) is 29.1 Å². The molecule has 5 N–H and O–H groups in total. The van der Waals surface area contributed by atoms with Gasteiger partial charge in [-0.05, 0) is 51.0 Å². The van der Waals surface area contributed by atoms with Crippen molar-refractivity contribution in [3.05, 3.63) is 35.9 Å². The SMILES string of the molecule is CC[C@H](C)[C@H](NC(=O)[C@@H](NC(=O)C(F)(F)[C@H](O)[C@H](C)NC(=O)[C@@H](NC(=O)OC(C)(C)C)C(C)C)C(C)C)C(=O)OCc1ccccc1. The minimum absolute atomic E-state index is 0.0410. The Morgan fingerprint density at radius 3 is 1.79 bits per heavy atom. The van der Waals surface area contributed by atoms with Crippen LogP contribution in [0.1, 0.15) is 81.2 Å². The monoisotopic (exact) mass is 670 g/mol. The number of aliphatic hydroxyl groups is 1. The second-order valence-corrected chi connectivity index (χ2v) is 13.4. The van der Waals surface area contributed by atoms with E-state index in [1.165, 1.54) is 13.8 Å². The maximum absolute atomic E-state index is 15.3. The number of hydrogen-bond donors (Lipinski definition) is 5. The molecule has 14 heteroatoms. The Kier molecular flexibility index (Phi) is 15.7. The number of carbonyl (C=O) groups excluding carboxylic acids is 5. The Balaban J connectivity index is 3.00. The first-order valence-corrected chi connectivity index (χ1v) is 15.8. The van der Waals surface area contributed by atoms with Gasteiger partial charge < -0.3 is 35.8 Å². The average Bonchev–Trinajstić information content (AvgIpc) is 2.98. The van der Waals surface area contributed by atoms with Crippen LogP contribution in [-0.4, -0.2) is 76.7 Å². The van der Waals surface area contributed by atoms with Crippen LogP contribution in [0.15, 0.2) is 30.3 Å². The van der Waals surface area contributed by atoms with Crippen molar-refractivity contribution in [2.75, 3.05) is 0 Å². The lowest BCUT2D eigenvalue weighted by Crippen LogP contribution is -2.62. The summed E-state index contributed by atoms with van der Waals surface area (Å²) in [5.74, 6) is -10.5. The second kappa shape index (κ2) is 17.9. The fraction of sp³-hybridized carbons (Fsp3) is 0.667. The van der Waals surface area contributed by atoms with Crippen molar-refractivity contribution >= 4 is 29.8 Å². The third kappa shape index (κ3) is 13.1. The molecule has 0 bridgehead atoms. The van der Waals surface area contributed by atoms with Crippen LogP contribution in [0, 0.1) is 17.8 Å². The van der Waals surface area contributed by atoms with Gasteiger partial charge in [0.05, 0.1) is 6.04 Å². The number of hydrogen-bond acceptors (Lipinski definition) is 8. The van der Waals surface area contributed by atoms with Gasteiger partial charge in [0.1, 0.15) is 36.4 Å². The van der Waals surface area contributed by atoms with E-state index < -0.39 is 89.3 Å². The van der Waals surface area contributed by atoms with Crippen LogP contribution < -0.4 is 21.3 Å². The van der Waals surface area contributed by atoms with Crippen molar-refractivity contribution in [3.63, 3.8) is 0 Å². The summed E-state index contributed by atoms with van der Waals surface area (Å²) in [6, 6.07) is 3.39. The summed E-state index contributed by atoms with van der Waals surface area (Å²) in [6.07, 6.45) is -3.14. The molecule has 47 heavy (non-hydrogen) atoms. The lowest BCUT2D eigenvalue weighted by Gasteiger charge is -2.32. The highest BCUT2D eigenvalue weighted by Gasteiger charge is 2.51. The zero-order valence-corrected chi connectivity index (χ0v) is 29.0. The first-order valence-electron chi connectivity index (χ1n) is 15.8. The smallest absolute Gasteiger partial charge is 0.408 e. The number of esters is 1. The lowest BCUT2D eigenvalue weighted by molar-refractivity contribution is -0.169. The number of ether oxygens (including phenoxy) is 2. The maximum Gasteiger partial charge on any atom is 0.408 e. The highest BCUT2D eigenvalue weighted by Crippen LogP contribution is 2.23. The van der Waals surface area contributed by atoms with Crippen LogP contribution in [0.25, 0.3) is 0 Å². The zero-order chi connectivity index (χ0) is 36.3. The minimum Gasteiger partial charge on any atom is -0.459 e. The van der Waals surface area contributed by atoms with Crippen molar-refractivity contribution in [2.45, 2.75) is 124 Å². The van der Waals surface area contributed by atoms with E-state index in [2.05, 4.69) is 16.0 Å². The second-order valence-electron chi connectivity index (χ2n) is 13.4. The lowest BCUT2D eigenvalue weighted by atomic mass is 9.96. The first kappa shape index (κ1) is 41.2. The Morgan fingerprint density at radius 2 is 1.30 bits per heavy atom. The molecule has 1 aromatic rings. The highest BCUT2D eigenvalue weighted by molar-refractivity contribution is 5.93. The largest absolute Gasteiger partial charge is 0.459 e. The van der Waals surface area contributed by atoms with E-state index in [4.69, 9.17) is 9.47 Å². The number of amides is 4. The van der Waals surface area contributed by atoms with Gasteiger partial charge in [0.2, 0.25) is 11.8 Å². The summed E-state index contributed by atoms with van der Waals surface area (Å²) >= 11 is 0. The molecular weight excluding hydrogens is 618 g/mol. The van der Waals surface area contributed by atoms with E-state index in [1.807, 2.05) is 11.4 Å². The predicted molar refractivity (Wildman–Crippen MR) is 171 cm³/mol. The fourth-order valence-corrected chi connectivity index (χ4v) is 4.31. The number of carbonyl (C=O) groups is 5. The molecule has 266 valence electrons. The number of aliphatic hydroxyl groups excluding tert-OH is 1. The standard InChI is InChI=1S/C33H52F2N4O8/c1-11-20(6)25(29(43)46-17-22-15-13-12-14-16-22)37-28(42)23(18(2)3)38-30(44)33(34,35)26(40)21(7)36-27(41)24(19(4)5)39-31(45)47-32(8,9)10/h12-16,18-21,23-26,40H,11,17H2,1-10H3,(H,36,41)(H,37,42)(H,38,44)(H,39,45)/t20-,21-,23-,24-,25-,26+/m0/s1. The minimum atomic E-state index is -4.46. The van der Waals surface area contributed by atoms with Crippen molar-refractivity contribution in [1.29, 1.82) is 0 Å². The van der Waals surface area contributed by atoms with Gasteiger partial charge in [-0.25, -0.2) is 9.59 Å². The molecule has 1 aromatic carbocycles. The molecule has 0 aromatic heterocycles. The van der Waals surface area contributed by atoms with Crippen LogP contribution in [0.3, 0.4) is 0 Å². The summed E-state index contributed by atoms with van der Waals surface area (Å²) < 4.78 is 41.1. The maximum atomic E-state index is 15.3. The Labute approximate surface area is 276 Å². The van der Waals surface area contributed by atoms with Crippen LogP contribution in [0.5, 0.6) is 0 Å². The molecule has 12 nitrogen and oxygen atoms in total. The Hall–Kier alpha value is -3.81. The number of alkyl carbamates (subject to hydrolysis) is 1. The van der Waals surface area contributed by atoms with E-state index in [0.717, 1.165) is 12.5 Å². The summed E-state index contributed by atoms with van der Waals surface area (Å²) in [4.78, 5) is 64.2. The van der Waals surface area contributed by atoms with Gasteiger partial charge in [-0.3, -0.25) is 14.4 Å². The molecule has 0 fully saturated rings. The van der Waals surface area contributed by atoms with Crippen LogP contribution in [0.4, 0.5) is 13.6 Å². The molecule has 0 aliphatic carbocycles. The molecule has 0 saturated heterocycles. The summed E-state index contributed by atoms with van der Waals surface area (Å²) in [5.41, 5.74) is -0.125. The van der Waals surface area contributed by atoms with Crippen molar-refractivity contribution in [1.82, 2.24) is 21.3 Å². The van der Waals surface area contributed by atoms with Gasteiger partial charge in [0, 0.05) is 0 Å². The molecule has 6 atom stereocenters. The molecule has 0 aliphatic rings. The highest BCUT2D eigenvalue weighted by atomic mass is 19.3. The Bertz CT molecular complexity index is 1210. The third-order valence-corrected chi connectivity index (χ3v) is 7.36. The van der Waals surface area contributed by atoms with E-state index in [-0.39, 0.29) is 6.61 Å². The van der Waals surface area contributed by atoms with Crippen molar-refractivity contribution in [3.8, 4) is 0 Å². The molecule has 4 amide bonds. The normalized spacial score (nSPS) is 15.8. The molecule has 0 heterocycles. The number of nitrogens with one attached hydrogen (secondary N) is 4. The molecule has 0 spiro atoms. The number of rotatable bonds is 16. The van der Waals surface area contributed by atoms with Crippen LogP contribution in [0.2, 0.25) is 0 Å². The van der Waals surface area contributed by atoms with E-state index in [1.54, 1.807) is 72.7 Å². The molecule has 0 saturated carbocycles. The number of alkyl halides is 2. The van der Waals surface area contributed by atoms with Gasteiger partial charge in [-0.2, -0.15) is 8.78 Å². The van der Waals surface area contributed by atoms with Gasteiger partial charge in [-0.15, -0.1) is 0 Å². The third-order valence-electron chi connectivity index (χ3n) is 7.36. The number of benzene rings is 1. The fourth-order valence-electron chi connectivity index (χ4n) is 4.31. The topological polar surface area (TPSA) is 172 Å². The van der Waals surface area contributed by atoms with Gasteiger partial charge in [-0.1, -0.05) is 78.3 Å². The van der Waals surface area contributed by atoms with Crippen LogP contribution >= 0.6 is 0 Å². The predicted octanol–water partition coefficient (Wildman–Crippen LogP) is 3.45. The van der Waals surface area contributed by atoms with Crippen molar-refractivity contribution < 1.29 is 47.3 Å². The van der Waals surface area contributed by atoms with E-state index >= 15 is 8.78 Å². The molecule has 0 unspecified atom stereocenters. The summed E-state index contributed by atoms with van der Waals surface area (Å²) in [5, 5.41) is 19.6. The van der Waals surface area contributed by atoms with Crippen LogP contribution in [-0.2, 0) is 35.3 Å². The number of halogens is 2. The quantitative estimate of drug-likeness (QED) is 0.167. The molecule has 0 aliphatic heterocycles. The van der Waals surface area contributed by atoms with E-state index in [0.29, 0.717) is 6.42 Å². The zero-order valence-electron chi connectivity index (χ0n) is 29.0. The van der Waals surface area contributed by atoms with Gasteiger partial charge in [0.15, 0.2) is 0 Å². The molecule has 0 radical (unpaired) electrons.